The molecule has 0 radical (unpaired) electrons. The van der Waals surface area contributed by atoms with Crippen LogP contribution in [0.3, 0.4) is 0 Å². The molecule has 0 spiro atoms. The lowest BCUT2D eigenvalue weighted by molar-refractivity contribution is 0.142. The first kappa shape index (κ1) is 14.9. The third-order valence-corrected chi connectivity index (χ3v) is 3.07. The van der Waals surface area contributed by atoms with Gasteiger partial charge in [-0.2, -0.15) is 0 Å². The van der Waals surface area contributed by atoms with Crippen molar-refractivity contribution in [1.29, 1.82) is 0 Å². The van der Waals surface area contributed by atoms with Crippen LogP contribution in [-0.2, 0) is 0 Å². The molecule has 1 rings (SSSR count). The van der Waals surface area contributed by atoms with Crippen LogP contribution < -0.4 is 0 Å². The van der Waals surface area contributed by atoms with Crippen LogP contribution in [0.4, 0.5) is 0 Å². The van der Waals surface area contributed by atoms with Gasteiger partial charge in [0.05, 0.1) is 0 Å². The summed E-state index contributed by atoms with van der Waals surface area (Å²) < 4.78 is 0. The van der Waals surface area contributed by atoms with Crippen molar-refractivity contribution in [2.75, 3.05) is 39.3 Å². The van der Waals surface area contributed by atoms with E-state index in [0.29, 0.717) is 0 Å². The summed E-state index contributed by atoms with van der Waals surface area (Å²) in [6.45, 7) is 16.4. The molecule has 0 unspecified atom stereocenters. The molecular weight excluding hydrogens is 184 g/mol. The monoisotopic (exact) mass is 214 g/mol. The van der Waals surface area contributed by atoms with Crippen LogP contribution in [0.5, 0.6) is 0 Å². The normalized spacial score (nSPS) is 18.4. The molecule has 0 aromatic carbocycles. The van der Waals surface area contributed by atoms with Crippen LogP contribution in [0.2, 0.25) is 0 Å². The van der Waals surface area contributed by atoms with E-state index in [2.05, 4.69) is 37.5 Å². The topological polar surface area (TPSA) is 6.48 Å². The van der Waals surface area contributed by atoms with Gasteiger partial charge in [0.2, 0.25) is 0 Å². The van der Waals surface area contributed by atoms with Gasteiger partial charge in [-0.05, 0) is 13.1 Å². The van der Waals surface area contributed by atoms with Crippen molar-refractivity contribution in [2.24, 2.45) is 0 Å². The first-order valence-corrected chi connectivity index (χ1v) is 6.73. The zero-order valence-corrected chi connectivity index (χ0v) is 11.3. The van der Waals surface area contributed by atoms with E-state index >= 15 is 0 Å². The number of rotatable bonds is 4. The summed E-state index contributed by atoms with van der Waals surface area (Å²) in [7, 11) is 0. The van der Waals surface area contributed by atoms with Crippen LogP contribution >= 0.6 is 0 Å². The highest BCUT2D eigenvalue weighted by molar-refractivity contribution is 4.69. The van der Waals surface area contributed by atoms with Gasteiger partial charge in [-0.15, -0.1) is 0 Å². The second-order valence-electron chi connectivity index (χ2n) is 4.22. The van der Waals surface area contributed by atoms with Crippen LogP contribution in [0.1, 0.15) is 47.0 Å². The fourth-order valence-electron chi connectivity index (χ4n) is 1.78. The van der Waals surface area contributed by atoms with Gasteiger partial charge in [0, 0.05) is 26.2 Å². The van der Waals surface area contributed by atoms with Gasteiger partial charge in [-0.3, -0.25) is 0 Å². The summed E-state index contributed by atoms with van der Waals surface area (Å²) in [5.41, 5.74) is 0. The minimum Gasteiger partial charge on any atom is -0.301 e. The van der Waals surface area contributed by atoms with E-state index in [1.807, 2.05) is 0 Å². The van der Waals surface area contributed by atoms with Crippen molar-refractivity contribution in [3.8, 4) is 0 Å². The van der Waals surface area contributed by atoms with Crippen molar-refractivity contribution in [3.63, 3.8) is 0 Å². The van der Waals surface area contributed by atoms with Crippen LogP contribution in [0.25, 0.3) is 0 Å². The Kier molecular flexibility index (Phi) is 10.4. The third-order valence-electron chi connectivity index (χ3n) is 3.07. The number of hydrogen-bond donors (Lipinski definition) is 0. The van der Waals surface area contributed by atoms with Crippen molar-refractivity contribution >= 4 is 0 Å². The van der Waals surface area contributed by atoms with Crippen LogP contribution in [0, 0.1) is 0 Å². The summed E-state index contributed by atoms with van der Waals surface area (Å²) >= 11 is 0. The molecule has 2 heteroatoms. The zero-order valence-electron chi connectivity index (χ0n) is 11.3. The summed E-state index contributed by atoms with van der Waals surface area (Å²) in [6.07, 6.45) is 4.08. The van der Waals surface area contributed by atoms with Gasteiger partial charge in [0.25, 0.3) is 0 Å². The summed E-state index contributed by atoms with van der Waals surface area (Å²) in [5, 5.41) is 0. The molecule has 1 aliphatic heterocycles. The molecule has 0 bridgehead atoms. The second kappa shape index (κ2) is 10.4. The molecule has 0 saturated carbocycles. The van der Waals surface area contributed by atoms with Crippen LogP contribution in [-0.4, -0.2) is 49.1 Å². The van der Waals surface area contributed by atoms with Gasteiger partial charge < -0.3 is 9.80 Å². The molecule has 1 fully saturated rings. The molecule has 0 aliphatic carbocycles. The Morgan fingerprint density at radius 3 is 1.13 bits per heavy atom. The second-order valence-corrected chi connectivity index (χ2v) is 4.22. The SMILES string of the molecule is CCCCC.CCN1CCN(CC)CC1. The first-order chi connectivity index (χ1) is 7.28. The molecule has 1 aliphatic rings. The van der Waals surface area contributed by atoms with E-state index in [9.17, 15) is 0 Å². The van der Waals surface area contributed by atoms with Gasteiger partial charge >= 0.3 is 0 Å². The molecule has 92 valence electrons. The molecule has 0 atom stereocenters. The number of likely N-dealkylation sites (N-methyl/N-ethyl adjacent to an activating group) is 2. The minimum absolute atomic E-state index is 1.22. The highest BCUT2D eigenvalue weighted by atomic mass is 15.2. The summed E-state index contributed by atoms with van der Waals surface area (Å²) in [6, 6.07) is 0. The largest absolute Gasteiger partial charge is 0.301 e. The van der Waals surface area contributed by atoms with E-state index in [0.717, 1.165) is 0 Å². The Morgan fingerprint density at radius 2 is 1.00 bits per heavy atom. The van der Waals surface area contributed by atoms with E-state index in [-0.39, 0.29) is 0 Å². The van der Waals surface area contributed by atoms with Crippen molar-refractivity contribution in [1.82, 2.24) is 9.80 Å². The first-order valence-electron chi connectivity index (χ1n) is 6.73. The quantitative estimate of drug-likeness (QED) is 0.710. The summed E-state index contributed by atoms with van der Waals surface area (Å²) in [4.78, 5) is 5.01. The van der Waals surface area contributed by atoms with Gasteiger partial charge in [-0.25, -0.2) is 0 Å². The molecule has 15 heavy (non-hydrogen) atoms. The van der Waals surface area contributed by atoms with Crippen LogP contribution in [0.15, 0.2) is 0 Å². The number of hydrogen-bond acceptors (Lipinski definition) is 2. The average Bonchev–Trinajstić information content (AvgIpc) is 2.31. The van der Waals surface area contributed by atoms with Gasteiger partial charge in [0.1, 0.15) is 0 Å². The van der Waals surface area contributed by atoms with E-state index in [1.54, 1.807) is 0 Å². The molecule has 2 nitrogen and oxygen atoms in total. The molecule has 0 aromatic heterocycles. The Labute approximate surface area is 96.6 Å². The maximum atomic E-state index is 2.51. The molecular formula is C13H30N2. The maximum Gasteiger partial charge on any atom is 0.0110 e. The Hall–Kier alpha value is -0.0800. The standard InChI is InChI=1S/C8H18N2.C5H12/c1-3-9-5-7-10(4-2)8-6-9;1-3-5-4-2/h3-8H2,1-2H3;3-5H2,1-2H3. The van der Waals surface area contributed by atoms with Crippen molar-refractivity contribution in [3.05, 3.63) is 0 Å². The van der Waals surface area contributed by atoms with Gasteiger partial charge in [-0.1, -0.05) is 47.0 Å². The average molecular weight is 214 g/mol. The fourth-order valence-corrected chi connectivity index (χ4v) is 1.78. The summed E-state index contributed by atoms with van der Waals surface area (Å²) in [5.74, 6) is 0. The van der Waals surface area contributed by atoms with E-state index < -0.39 is 0 Å². The third kappa shape index (κ3) is 7.80. The molecule has 0 amide bonds. The Morgan fingerprint density at radius 1 is 0.667 bits per heavy atom. The minimum atomic E-state index is 1.22. The molecule has 0 N–H and O–H groups in total. The number of unbranched alkanes of at least 4 members (excludes halogenated alkanes) is 2. The predicted octanol–water partition coefficient (Wildman–Crippen LogP) is 2.84. The van der Waals surface area contributed by atoms with Crippen molar-refractivity contribution in [2.45, 2.75) is 47.0 Å². The number of piperazine rings is 1. The van der Waals surface area contributed by atoms with E-state index in [1.165, 1.54) is 58.5 Å². The fraction of sp³-hybridized carbons (Fsp3) is 1.00. The lowest BCUT2D eigenvalue weighted by Crippen LogP contribution is -2.45. The van der Waals surface area contributed by atoms with Gasteiger partial charge in [0.15, 0.2) is 0 Å². The van der Waals surface area contributed by atoms with Crippen molar-refractivity contribution < 1.29 is 0 Å². The molecule has 1 heterocycles. The zero-order chi connectivity index (χ0) is 11.5. The lowest BCUT2D eigenvalue weighted by atomic mass is 10.3. The van der Waals surface area contributed by atoms with E-state index in [4.69, 9.17) is 0 Å². The Balaban J connectivity index is 0.000000336. The Bertz CT molecular complexity index is 104. The predicted molar refractivity (Wildman–Crippen MR) is 69.4 cm³/mol. The number of nitrogens with zero attached hydrogens (tertiary/aromatic N) is 2. The molecule has 0 aromatic rings. The highest BCUT2D eigenvalue weighted by Gasteiger charge is 2.12. The molecule has 1 saturated heterocycles. The highest BCUT2D eigenvalue weighted by Crippen LogP contribution is 1.99. The lowest BCUT2D eigenvalue weighted by Gasteiger charge is -2.33. The smallest absolute Gasteiger partial charge is 0.0110 e. The maximum absolute atomic E-state index is 2.51.